The van der Waals surface area contributed by atoms with Gasteiger partial charge in [0.2, 0.25) is 11.8 Å². The molecule has 0 radical (unpaired) electrons. The number of nitrogens with zero attached hydrogens (tertiary/aromatic N) is 3. The number of ether oxygens (including phenoxy) is 1. The van der Waals surface area contributed by atoms with Gasteiger partial charge in [0.05, 0.1) is 18.8 Å². The minimum atomic E-state index is -0.621. The molecule has 1 atom stereocenters. The molecule has 0 bridgehead atoms. The summed E-state index contributed by atoms with van der Waals surface area (Å²) in [7, 11) is 0. The number of fused-ring (bicyclic) bond motifs is 4. The molecule has 4 aliphatic heterocycles. The van der Waals surface area contributed by atoms with Crippen molar-refractivity contribution in [3.8, 4) is 17.0 Å². The summed E-state index contributed by atoms with van der Waals surface area (Å²) in [6, 6.07) is 13.3. The Morgan fingerprint density at radius 2 is 1.90 bits per heavy atom. The predicted molar refractivity (Wildman–Crippen MR) is 147 cm³/mol. The zero-order chi connectivity index (χ0) is 26.7. The molecule has 1 N–H and O–H groups in total. The van der Waals surface area contributed by atoms with E-state index in [1.807, 2.05) is 30.3 Å². The van der Waals surface area contributed by atoms with Gasteiger partial charge in [-0.1, -0.05) is 29.8 Å². The topological polar surface area (TPSA) is 91.8 Å². The van der Waals surface area contributed by atoms with Crippen LogP contribution in [0.15, 0.2) is 42.5 Å². The van der Waals surface area contributed by atoms with Crippen LogP contribution in [0.25, 0.3) is 11.3 Å². The highest BCUT2D eigenvalue weighted by Crippen LogP contribution is 2.49. The molecule has 0 unspecified atom stereocenters. The normalized spacial score (nSPS) is 22.1. The lowest BCUT2D eigenvalue weighted by Gasteiger charge is -2.38. The van der Waals surface area contributed by atoms with Crippen LogP contribution in [-0.2, 0) is 28.1 Å². The molecule has 200 valence electrons. The van der Waals surface area contributed by atoms with E-state index >= 15 is 0 Å². The number of aromatic nitrogens is 1. The van der Waals surface area contributed by atoms with Gasteiger partial charge in [0.1, 0.15) is 11.8 Å². The van der Waals surface area contributed by atoms with Gasteiger partial charge in [-0.3, -0.25) is 24.6 Å². The summed E-state index contributed by atoms with van der Waals surface area (Å²) in [4.78, 5) is 42.5. The molecule has 8 nitrogen and oxygen atoms in total. The Hall–Kier alpha value is -3.27. The van der Waals surface area contributed by atoms with Crippen LogP contribution in [0.4, 0.5) is 0 Å². The quantitative estimate of drug-likeness (QED) is 0.480. The summed E-state index contributed by atoms with van der Waals surface area (Å²) in [5.41, 5.74) is 4.65. The van der Waals surface area contributed by atoms with Gasteiger partial charge in [0.25, 0.3) is 5.91 Å². The van der Waals surface area contributed by atoms with E-state index in [1.165, 1.54) is 10.4 Å². The van der Waals surface area contributed by atoms with Crippen molar-refractivity contribution in [2.45, 2.75) is 50.2 Å². The molecule has 5 heterocycles. The highest BCUT2D eigenvalue weighted by molar-refractivity contribution is 7.06. The van der Waals surface area contributed by atoms with E-state index in [2.05, 4.69) is 26.7 Å². The van der Waals surface area contributed by atoms with Gasteiger partial charge in [-0.15, -0.1) is 0 Å². The number of nitrogens with one attached hydrogen (secondary N) is 1. The van der Waals surface area contributed by atoms with Crippen LogP contribution < -0.4 is 10.1 Å². The molecule has 4 aliphatic rings. The Bertz CT molecular complexity index is 1500. The van der Waals surface area contributed by atoms with E-state index in [0.717, 1.165) is 60.1 Å². The van der Waals surface area contributed by atoms with Crippen molar-refractivity contribution in [3.05, 3.63) is 69.1 Å². The van der Waals surface area contributed by atoms with Gasteiger partial charge in [-0.25, -0.2) is 0 Å². The number of benzene rings is 2. The second kappa shape index (κ2) is 9.43. The molecule has 3 amide bonds. The number of hydrogen-bond donors (Lipinski definition) is 1. The largest absolute Gasteiger partial charge is 0.492 e. The van der Waals surface area contributed by atoms with Crippen molar-refractivity contribution in [3.63, 3.8) is 0 Å². The fraction of sp³-hybridized carbons (Fsp3) is 0.379. The molecule has 0 saturated carbocycles. The Balaban J connectivity index is 1.04. The second-order valence-electron chi connectivity index (χ2n) is 10.9. The third-order valence-corrected chi connectivity index (χ3v) is 9.64. The number of amides is 3. The molecular weight excluding hydrogens is 536 g/mol. The third kappa shape index (κ3) is 4.23. The SMILES string of the molecule is O=C1CC[C@H](N2Cc3c(ccc4c3OCC43CCN(Cc4cc(-c5ccc(Cl)cc5)ns4)CC3)C2=O)C(=O)N1. The summed E-state index contributed by atoms with van der Waals surface area (Å²) in [6.45, 7) is 3.73. The number of piperidine rings is 2. The Morgan fingerprint density at radius 1 is 1.10 bits per heavy atom. The average Bonchev–Trinajstić information content (AvgIpc) is 3.63. The fourth-order valence-electron chi connectivity index (χ4n) is 6.40. The predicted octanol–water partition coefficient (Wildman–Crippen LogP) is 4.15. The lowest BCUT2D eigenvalue weighted by Crippen LogP contribution is -2.52. The molecule has 2 fully saturated rings. The lowest BCUT2D eigenvalue weighted by molar-refractivity contribution is -0.136. The number of likely N-dealkylation sites (tertiary alicyclic amines) is 1. The maximum absolute atomic E-state index is 13.2. The van der Waals surface area contributed by atoms with Gasteiger partial charge in [0.15, 0.2) is 0 Å². The van der Waals surface area contributed by atoms with Crippen LogP contribution in [0.5, 0.6) is 5.75 Å². The number of carbonyl (C=O) groups is 3. The van der Waals surface area contributed by atoms with Crippen LogP contribution in [0.3, 0.4) is 0 Å². The molecule has 3 aromatic rings. The fourth-order valence-corrected chi connectivity index (χ4v) is 7.31. The first-order valence-corrected chi connectivity index (χ1v) is 14.4. The highest BCUT2D eigenvalue weighted by atomic mass is 35.5. The maximum atomic E-state index is 13.2. The first-order chi connectivity index (χ1) is 18.9. The van der Waals surface area contributed by atoms with Crippen LogP contribution in [0.2, 0.25) is 5.02 Å². The van der Waals surface area contributed by atoms with Crippen molar-refractivity contribution in [1.82, 2.24) is 19.5 Å². The van der Waals surface area contributed by atoms with E-state index < -0.39 is 11.9 Å². The van der Waals surface area contributed by atoms with Gasteiger partial charge in [-0.2, -0.15) is 4.37 Å². The van der Waals surface area contributed by atoms with Crippen LogP contribution in [-0.4, -0.2) is 57.6 Å². The van der Waals surface area contributed by atoms with Gasteiger partial charge in [-0.05, 0) is 68.1 Å². The number of halogens is 1. The number of carbonyl (C=O) groups excluding carboxylic acids is 3. The zero-order valence-electron chi connectivity index (χ0n) is 21.2. The number of imide groups is 1. The molecule has 2 aromatic carbocycles. The second-order valence-corrected chi connectivity index (χ2v) is 12.2. The third-order valence-electron chi connectivity index (χ3n) is 8.62. The molecular formula is C29H27ClN4O4S. The molecule has 7 rings (SSSR count). The van der Waals surface area contributed by atoms with E-state index in [4.69, 9.17) is 16.3 Å². The van der Waals surface area contributed by atoms with Crippen molar-refractivity contribution in [1.29, 1.82) is 0 Å². The van der Waals surface area contributed by atoms with E-state index in [1.54, 1.807) is 16.4 Å². The van der Waals surface area contributed by atoms with Crippen LogP contribution >= 0.6 is 23.1 Å². The van der Waals surface area contributed by atoms with Crippen molar-refractivity contribution < 1.29 is 19.1 Å². The highest BCUT2D eigenvalue weighted by Gasteiger charge is 2.47. The zero-order valence-corrected chi connectivity index (χ0v) is 22.8. The molecule has 0 aliphatic carbocycles. The summed E-state index contributed by atoms with van der Waals surface area (Å²) < 4.78 is 11.0. The molecule has 39 heavy (non-hydrogen) atoms. The molecule has 2 saturated heterocycles. The summed E-state index contributed by atoms with van der Waals surface area (Å²) in [6.07, 6.45) is 2.56. The smallest absolute Gasteiger partial charge is 0.255 e. The van der Waals surface area contributed by atoms with Crippen molar-refractivity contribution in [2.75, 3.05) is 19.7 Å². The van der Waals surface area contributed by atoms with Gasteiger partial charge >= 0.3 is 0 Å². The first kappa shape index (κ1) is 24.7. The van der Waals surface area contributed by atoms with Crippen molar-refractivity contribution in [2.24, 2.45) is 0 Å². The van der Waals surface area contributed by atoms with Gasteiger partial charge in [0, 0.05) is 50.5 Å². The summed E-state index contributed by atoms with van der Waals surface area (Å²) in [5.74, 6) is -0.0198. The van der Waals surface area contributed by atoms with Crippen LogP contribution in [0.1, 0.15) is 52.0 Å². The average molecular weight is 563 g/mol. The van der Waals surface area contributed by atoms with E-state index in [0.29, 0.717) is 25.1 Å². The Morgan fingerprint density at radius 3 is 2.67 bits per heavy atom. The van der Waals surface area contributed by atoms with E-state index in [9.17, 15) is 14.4 Å². The molecule has 10 heteroatoms. The summed E-state index contributed by atoms with van der Waals surface area (Å²) in [5, 5.41) is 3.09. The van der Waals surface area contributed by atoms with E-state index in [-0.39, 0.29) is 23.7 Å². The molecule has 1 spiro atoms. The number of hydrogen-bond acceptors (Lipinski definition) is 7. The Kier molecular flexibility index (Phi) is 5.98. The minimum absolute atomic E-state index is 0.0614. The minimum Gasteiger partial charge on any atom is -0.492 e. The number of rotatable bonds is 4. The lowest BCUT2D eigenvalue weighted by atomic mass is 9.74. The van der Waals surface area contributed by atoms with Gasteiger partial charge < -0.3 is 9.64 Å². The van der Waals surface area contributed by atoms with Crippen molar-refractivity contribution >= 4 is 40.9 Å². The van der Waals surface area contributed by atoms with Crippen LogP contribution in [0, 0.1) is 0 Å². The first-order valence-electron chi connectivity index (χ1n) is 13.3. The standard InChI is InChI=1S/C29H27ClN4O4S/c30-18-3-1-17(2-4-18)23-13-19(39-32-23)14-33-11-9-29(10-12-33)16-38-26-21-15-34(24-7-8-25(35)31-27(24)36)28(37)20(21)5-6-22(26)29/h1-6,13,24H,7-12,14-16H2,(H,31,35,36)/t24-/m0/s1. The Labute approximate surface area is 235 Å². The molecule has 1 aromatic heterocycles. The monoisotopic (exact) mass is 562 g/mol. The summed E-state index contributed by atoms with van der Waals surface area (Å²) >= 11 is 7.57. The maximum Gasteiger partial charge on any atom is 0.255 e.